The summed E-state index contributed by atoms with van der Waals surface area (Å²) in [4.78, 5) is 6.58. The molecule has 2 rings (SSSR count). The lowest BCUT2D eigenvalue weighted by atomic mass is 10.0. The van der Waals surface area contributed by atoms with Crippen molar-refractivity contribution < 1.29 is 0 Å². The van der Waals surface area contributed by atoms with E-state index in [-0.39, 0.29) is 0 Å². The summed E-state index contributed by atoms with van der Waals surface area (Å²) in [5.74, 6) is 0.690. The maximum Gasteiger partial charge on any atom is 0.191 e. The zero-order valence-electron chi connectivity index (χ0n) is 10.9. The van der Waals surface area contributed by atoms with Crippen molar-refractivity contribution in [3.63, 3.8) is 0 Å². The highest BCUT2D eigenvalue weighted by Gasteiger charge is 2.26. The minimum Gasteiger partial charge on any atom is -0.370 e. The van der Waals surface area contributed by atoms with E-state index in [2.05, 4.69) is 48.9 Å². The lowest BCUT2D eigenvalue weighted by Crippen LogP contribution is -2.36. The van der Waals surface area contributed by atoms with Gasteiger partial charge in [-0.25, -0.2) is 0 Å². The van der Waals surface area contributed by atoms with Crippen LogP contribution >= 0.6 is 0 Å². The van der Waals surface area contributed by atoms with Crippen LogP contribution in [0.4, 0.5) is 0 Å². The number of rotatable bonds is 3. The van der Waals surface area contributed by atoms with E-state index in [0.29, 0.717) is 12.0 Å². The first-order valence-corrected chi connectivity index (χ1v) is 6.27. The first kappa shape index (κ1) is 12.0. The highest BCUT2D eigenvalue weighted by molar-refractivity contribution is 5.80. The standard InChI is InChI=1S/C14H21N3/c1-4-7-17-13(9-16-14(17)15)12-6-5-10(2)11(3)8-12/h5-6,8,13H,4,7,9H2,1-3H3,(H2,15,16). The minimum atomic E-state index is 0.328. The molecule has 0 aliphatic carbocycles. The monoisotopic (exact) mass is 231 g/mol. The summed E-state index contributed by atoms with van der Waals surface area (Å²) in [6, 6.07) is 6.97. The molecule has 0 aromatic heterocycles. The van der Waals surface area contributed by atoms with E-state index in [4.69, 9.17) is 5.73 Å². The van der Waals surface area contributed by atoms with Gasteiger partial charge in [-0.2, -0.15) is 0 Å². The molecule has 0 amide bonds. The molecule has 92 valence electrons. The Hall–Kier alpha value is -1.51. The molecule has 3 nitrogen and oxygen atoms in total. The Kier molecular flexibility index (Phi) is 3.36. The molecule has 1 aromatic rings. The van der Waals surface area contributed by atoms with E-state index in [1.165, 1.54) is 16.7 Å². The number of benzene rings is 1. The molecule has 1 aromatic carbocycles. The second-order valence-corrected chi connectivity index (χ2v) is 4.75. The van der Waals surface area contributed by atoms with Gasteiger partial charge in [0.05, 0.1) is 12.6 Å². The number of nitrogens with two attached hydrogens (primary N) is 1. The fraction of sp³-hybridized carbons (Fsp3) is 0.500. The van der Waals surface area contributed by atoms with Crippen LogP contribution in [-0.4, -0.2) is 23.9 Å². The van der Waals surface area contributed by atoms with Gasteiger partial charge in [-0.15, -0.1) is 0 Å². The molecule has 1 aliphatic heterocycles. The van der Waals surface area contributed by atoms with Gasteiger partial charge < -0.3 is 10.6 Å². The zero-order chi connectivity index (χ0) is 12.4. The van der Waals surface area contributed by atoms with Crippen molar-refractivity contribution in [3.05, 3.63) is 34.9 Å². The molecule has 1 unspecified atom stereocenters. The molecule has 2 N–H and O–H groups in total. The van der Waals surface area contributed by atoms with Crippen LogP contribution in [0.15, 0.2) is 23.2 Å². The van der Waals surface area contributed by atoms with E-state index >= 15 is 0 Å². The molecule has 0 saturated heterocycles. The quantitative estimate of drug-likeness (QED) is 0.867. The highest BCUT2D eigenvalue weighted by Crippen LogP contribution is 2.26. The Morgan fingerprint density at radius 2 is 2.12 bits per heavy atom. The van der Waals surface area contributed by atoms with Gasteiger partial charge >= 0.3 is 0 Å². The lowest BCUT2D eigenvalue weighted by Gasteiger charge is -2.26. The Morgan fingerprint density at radius 3 is 2.76 bits per heavy atom. The maximum atomic E-state index is 5.94. The Balaban J connectivity index is 2.25. The average molecular weight is 231 g/mol. The number of hydrogen-bond acceptors (Lipinski definition) is 3. The van der Waals surface area contributed by atoms with Crippen LogP contribution in [-0.2, 0) is 0 Å². The van der Waals surface area contributed by atoms with Crippen molar-refractivity contribution in [3.8, 4) is 0 Å². The molecular formula is C14H21N3. The number of aliphatic imine (C=N–C) groups is 1. The molecular weight excluding hydrogens is 210 g/mol. The normalized spacial score (nSPS) is 19.6. The third-order valence-electron chi connectivity index (χ3n) is 3.48. The van der Waals surface area contributed by atoms with Crippen LogP contribution in [0, 0.1) is 13.8 Å². The highest BCUT2D eigenvalue weighted by atomic mass is 15.3. The molecule has 0 saturated carbocycles. The third-order valence-corrected chi connectivity index (χ3v) is 3.48. The van der Waals surface area contributed by atoms with Gasteiger partial charge in [-0.1, -0.05) is 25.1 Å². The van der Waals surface area contributed by atoms with Crippen molar-refractivity contribution in [2.45, 2.75) is 33.2 Å². The second kappa shape index (κ2) is 4.78. The van der Waals surface area contributed by atoms with Gasteiger partial charge in [0, 0.05) is 6.54 Å². The first-order valence-electron chi connectivity index (χ1n) is 6.27. The van der Waals surface area contributed by atoms with Crippen LogP contribution in [0.25, 0.3) is 0 Å². The molecule has 0 bridgehead atoms. The molecule has 3 heteroatoms. The van der Waals surface area contributed by atoms with E-state index < -0.39 is 0 Å². The van der Waals surface area contributed by atoms with E-state index in [0.717, 1.165) is 19.5 Å². The molecule has 0 fully saturated rings. The van der Waals surface area contributed by atoms with Crippen LogP contribution in [0.5, 0.6) is 0 Å². The maximum absolute atomic E-state index is 5.94. The zero-order valence-corrected chi connectivity index (χ0v) is 10.9. The van der Waals surface area contributed by atoms with Crippen molar-refractivity contribution in [2.75, 3.05) is 13.1 Å². The number of nitrogens with zero attached hydrogens (tertiary/aromatic N) is 2. The van der Waals surface area contributed by atoms with Crippen molar-refractivity contribution >= 4 is 5.96 Å². The fourth-order valence-corrected chi connectivity index (χ4v) is 2.30. The molecule has 0 spiro atoms. The first-order chi connectivity index (χ1) is 8.13. The second-order valence-electron chi connectivity index (χ2n) is 4.75. The summed E-state index contributed by atoms with van der Waals surface area (Å²) in [7, 11) is 0. The van der Waals surface area contributed by atoms with Crippen LogP contribution < -0.4 is 5.73 Å². The summed E-state index contributed by atoms with van der Waals surface area (Å²) in [6.07, 6.45) is 1.09. The summed E-state index contributed by atoms with van der Waals surface area (Å²) in [5.41, 5.74) is 9.93. The van der Waals surface area contributed by atoms with E-state index in [9.17, 15) is 0 Å². The third kappa shape index (κ3) is 2.28. The smallest absolute Gasteiger partial charge is 0.191 e. The van der Waals surface area contributed by atoms with Gasteiger partial charge in [0.2, 0.25) is 0 Å². The summed E-state index contributed by atoms with van der Waals surface area (Å²) in [6.45, 7) is 8.23. The molecule has 0 radical (unpaired) electrons. The van der Waals surface area contributed by atoms with Crippen LogP contribution in [0.2, 0.25) is 0 Å². The molecule has 1 heterocycles. The van der Waals surface area contributed by atoms with Gasteiger partial charge in [0.1, 0.15) is 0 Å². The number of hydrogen-bond donors (Lipinski definition) is 1. The van der Waals surface area contributed by atoms with Gasteiger partial charge in [-0.05, 0) is 37.0 Å². The van der Waals surface area contributed by atoms with Gasteiger partial charge in [-0.3, -0.25) is 4.99 Å². The Labute approximate surface area is 103 Å². The summed E-state index contributed by atoms with van der Waals surface area (Å²) < 4.78 is 0. The Morgan fingerprint density at radius 1 is 1.35 bits per heavy atom. The van der Waals surface area contributed by atoms with Crippen molar-refractivity contribution in [1.82, 2.24) is 4.90 Å². The minimum absolute atomic E-state index is 0.328. The van der Waals surface area contributed by atoms with Crippen molar-refractivity contribution in [1.29, 1.82) is 0 Å². The molecule has 1 atom stereocenters. The summed E-state index contributed by atoms with van der Waals surface area (Å²) in [5, 5.41) is 0. The predicted octanol–water partition coefficient (Wildman–Crippen LogP) is 2.38. The van der Waals surface area contributed by atoms with Crippen molar-refractivity contribution in [2.24, 2.45) is 10.7 Å². The van der Waals surface area contributed by atoms with Gasteiger partial charge in [0.15, 0.2) is 5.96 Å². The van der Waals surface area contributed by atoms with E-state index in [1.807, 2.05) is 0 Å². The average Bonchev–Trinajstić information content (AvgIpc) is 2.66. The summed E-state index contributed by atoms with van der Waals surface area (Å²) >= 11 is 0. The van der Waals surface area contributed by atoms with Crippen LogP contribution in [0.1, 0.15) is 36.1 Å². The van der Waals surface area contributed by atoms with Crippen LogP contribution in [0.3, 0.4) is 0 Å². The number of aryl methyl sites for hydroxylation is 2. The Bertz CT molecular complexity index is 437. The predicted molar refractivity (Wildman–Crippen MR) is 72.1 cm³/mol. The fourth-order valence-electron chi connectivity index (χ4n) is 2.30. The topological polar surface area (TPSA) is 41.6 Å². The van der Waals surface area contributed by atoms with Gasteiger partial charge in [0.25, 0.3) is 0 Å². The molecule has 17 heavy (non-hydrogen) atoms. The molecule has 1 aliphatic rings. The van der Waals surface area contributed by atoms with E-state index in [1.54, 1.807) is 0 Å². The lowest BCUT2D eigenvalue weighted by molar-refractivity contribution is 0.347. The number of guanidine groups is 1. The SMILES string of the molecule is CCCN1C(N)=NCC1c1ccc(C)c(C)c1. The largest absolute Gasteiger partial charge is 0.370 e.